The normalized spacial score (nSPS) is 21.0. The molecule has 1 atom stereocenters. The van der Waals surface area contributed by atoms with Gasteiger partial charge in [-0.25, -0.2) is 4.98 Å². The van der Waals surface area contributed by atoms with E-state index in [1.807, 2.05) is 6.20 Å². The van der Waals surface area contributed by atoms with Crippen LogP contribution in [0.5, 0.6) is 0 Å². The summed E-state index contributed by atoms with van der Waals surface area (Å²) in [5, 5.41) is 0. The molecule has 0 N–H and O–H groups in total. The predicted octanol–water partition coefficient (Wildman–Crippen LogP) is 2.38. The molecule has 82 valence electrons. The minimum Gasteiger partial charge on any atom is -0.380 e. The molecule has 15 heavy (non-hydrogen) atoms. The number of pyridine rings is 1. The van der Waals surface area contributed by atoms with E-state index in [1.54, 1.807) is 7.11 Å². The largest absolute Gasteiger partial charge is 0.380 e. The van der Waals surface area contributed by atoms with E-state index in [1.165, 1.54) is 5.56 Å². The molecular formula is C11H15BrN2O. The number of aryl methyl sites for hydroxylation is 1. The number of anilines is 1. The van der Waals surface area contributed by atoms with Crippen molar-refractivity contribution in [2.45, 2.75) is 19.4 Å². The van der Waals surface area contributed by atoms with Crippen LogP contribution in [0.3, 0.4) is 0 Å². The zero-order valence-corrected chi connectivity index (χ0v) is 10.6. The third-order valence-corrected chi connectivity index (χ3v) is 3.66. The number of hydrogen-bond donors (Lipinski definition) is 0. The van der Waals surface area contributed by atoms with Crippen molar-refractivity contribution in [3.8, 4) is 0 Å². The minimum atomic E-state index is 0.357. The molecule has 1 aliphatic heterocycles. The van der Waals surface area contributed by atoms with Gasteiger partial charge in [-0.1, -0.05) is 0 Å². The highest BCUT2D eigenvalue weighted by atomic mass is 79.9. The molecule has 1 saturated heterocycles. The Bertz CT molecular complexity index is 356. The second kappa shape index (κ2) is 4.49. The van der Waals surface area contributed by atoms with Crippen LogP contribution in [0.1, 0.15) is 12.0 Å². The van der Waals surface area contributed by atoms with E-state index in [0.717, 1.165) is 29.8 Å². The molecule has 0 amide bonds. The van der Waals surface area contributed by atoms with Gasteiger partial charge in [-0.3, -0.25) is 0 Å². The van der Waals surface area contributed by atoms with Crippen molar-refractivity contribution in [3.05, 3.63) is 22.3 Å². The quantitative estimate of drug-likeness (QED) is 0.825. The molecule has 0 aromatic carbocycles. The molecule has 0 radical (unpaired) electrons. The van der Waals surface area contributed by atoms with Crippen molar-refractivity contribution in [2.75, 3.05) is 25.1 Å². The third-order valence-electron chi connectivity index (χ3n) is 2.83. The average Bonchev–Trinajstić information content (AvgIpc) is 2.70. The van der Waals surface area contributed by atoms with E-state index in [9.17, 15) is 0 Å². The van der Waals surface area contributed by atoms with E-state index < -0.39 is 0 Å². The van der Waals surface area contributed by atoms with Crippen molar-refractivity contribution in [1.29, 1.82) is 0 Å². The average molecular weight is 271 g/mol. The van der Waals surface area contributed by atoms with E-state index >= 15 is 0 Å². The lowest BCUT2D eigenvalue weighted by Gasteiger charge is -2.17. The molecule has 0 saturated carbocycles. The topological polar surface area (TPSA) is 25.4 Å². The fourth-order valence-corrected chi connectivity index (χ4v) is 2.04. The second-order valence-corrected chi connectivity index (χ2v) is 4.74. The highest BCUT2D eigenvalue weighted by Crippen LogP contribution is 2.23. The molecule has 2 rings (SSSR count). The molecule has 0 aliphatic carbocycles. The maximum atomic E-state index is 5.34. The number of halogens is 1. The molecule has 1 aromatic rings. The Morgan fingerprint density at radius 3 is 3.00 bits per heavy atom. The van der Waals surface area contributed by atoms with Crippen molar-refractivity contribution in [3.63, 3.8) is 0 Å². The van der Waals surface area contributed by atoms with E-state index in [0.29, 0.717) is 6.10 Å². The highest BCUT2D eigenvalue weighted by Gasteiger charge is 2.23. The molecule has 1 aromatic heterocycles. The first-order valence-corrected chi connectivity index (χ1v) is 5.90. The summed E-state index contributed by atoms with van der Waals surface area (Å²) in [6, 6.07) is 2.11. The highest BCUT2D eigenvalue weighted by molar-refractivity contribution is 9.10. The van der Waals surface area contributed by atoms with E-state index in [-0.39, 0.29) is 0 Å². The van der Waals surface area contributed by atoms with Gasteiger partial charge in [0.15, 0.2) is 0 Å². The lowest BCUT2D eigenvalue weighted by Crippen LogP contribution is -2.23. The van der Waals surface area contributed by atoms with Gasteiger partial charge in [0.25, 0.3) is 0 Å². The standard InChI is InChI=1S/C11H15BrN2O/c1-8-5-11(13-6-10(8)12)14-4-3-9(7-14)15-2/h5-6,9H,3-4,7H2,1-2H3. The molecule has 0 spiro atoms. The Kier molecular flexibility index (Phi) is 3.26. The molecule has 0 bridgehead atoms. The van der Waals surface area contributed by atoms with Crippen molar-refractivity contribution >= 4 is 21.7 Å². The first kappa shape index (κ1) is 10.9. The number of ether oxygens (including phenoxy) is 1. The molecule has 4 heteroatoms. The maximum absolute atomic E-state index is 5.34. The van der Waals surface area contributed by atoms with Crippen LogP contribution in [-0.2, 0) is 4.74 Å². The van der Waals surface area contributed by atoms with Gasteiger partial charge >= 0.3 is 0 Å². The fourth-order valence-electron chi connectivity index (χ4n) is 1.83. The summed E-state index contributed by atoms with van der Waals surface area (Å²) in [5.74, 6) is 1.05. The maximum Gasteiger partial charge on any atom is 0.128 e. The Hall–Kier alpha value is -0.610. The van der Waals surface area contributed by atoms with Gasteiger partial charge in [0.05, 0.1) is 6.10 Å². The van der Waals surface area contributed by atoms with Crippen LogP contribution >= 0.6 is 15.9 Å². The first-order chi connectivity index (χ1) is 7.20. The predicted molar refractivity (Wildman–Crippen MR) is 64.3 cm³/mol. The minimum absolute atomic E-state index is 0.357. The fraction of sp³-hybridized carbons (Fsp3) is 0.545. The van der Waals surface area contributed by atoms with Crippen LogP contribution in [0.4, 0.5) is 5.82 Å². The summed E-state index contributed by atoms with van der Waals surface area (Å²) in [6.45, 7) is 4.07. The number of rotatable bonds is 2. The Balaban J connectivity index is 2.13. The Labute approximate surface area is 98.6 Å². The van der Waals surface area contributed by atoms with E-state index in [2.05, 4.69) is 38.8 Å². The van der Waals surface area contributed by atoms with Gasteiger partial charge < -0.3 is 9.64 Å². The molecule has 2 heterocycles. The van der Waals surface area contributed by atoms with Gasteiger partial charge in [0, 0.05) is 30.9 Å². The van der Waals surface area contributed by atoms with Gasteiger partial charge in [-0.15, -0.1) is 0 Å². The lowest BCUT2D eigenvalue weighted by molar-refractivity contribution is 0.121. The molecule has 1 unspecified atom stereocenters. The van der Waals surface area contributed by atoms with Crippen molar-refractivity contribution in [2.24, 2.45) is 0 Å². The van der Waals surface area contributed by atoms with Crippen LogP contribution in [0.2, 0.25) is 0 Å². The lowest BCUT2D eigenvalue weighted by atomic mass is 10.3. The number of methoxy groups -OCH3 is 1. The molecule has 3 nitrogen and oxygen atoms in total. The van der Waals surface area contributed by atoms with Gasteiger partial charge in [0.1, 0.15) is 5.82 Å². The van der Waals surface area contributed by atoms with Crippen LogP contribution in [0.15, 0.2) is 16.7 Å². The van der Waals surface area contributed by atoms with Gasteiger partial charge in [0.2, 0.25) is 0 Å². The SMILES string of the molecule is COC1CCN(c2cc(C)c(Br)cn2)C1. The van der Waals surface area contributed by atoms with Crippen molar-refractivity contribution < 1.29 is 4.74 Å². The third kappa shape index (κ3) is 2.32. The van der Waals surface area contributed by atoms with Crippen LogP contribution in [-0.4, -0.2) is 31.3 Å². The van der Waals surface area contributed by atoms with Crippen molar-refractivity contribution in [1.82, 2.24) is 4.98 Å². The molecular weight excluding hydrogens is 256 g/mol. The second-order valence-electron chi connectivity index (χ2n) is 3.88. The molecule has 1 aliphatic rings. The first-order valence-electron chi connectivity index (χ1n) is 5.10. The number of hydrogen-bond acceptors (Lipinski definition) is 3. The zero-order chi connectivity index (χ0) is 10.8. The number of aromatic nitrogens is 1. The summed E-state index contributed by atoms with van der Waals surface area (Å²) in [4.78, 5) is 6.68. The monoisotopic (exact) mass is 270 g/mol. The number of nitrogens with zero attached hydrogens (tertiary/aromatic N) is 2. The van der Waals surface area contributed by atoms with E-state index in [4.69, 9.17) is 4.74 Å². The molecule has 1 fully saturated rings. The Morgan fingerprint density at radius 1 is 1.60 bits per heavy atom. The summed E-state index contributed by atoms with van der Waals surface area (Å²) in [7, 11) is 1.77. The van der Waals surface area contributed by atoms with Gasteiger partial charge in [-0.05, 0) is 40.9 Å². The summed E-state index contributed by atoms with van der Waals surface area (Å²) in [5.41, 5.74) is 1.22. The van der Waals surface area contributed by atoms with Crippen LogP contribution in [0.25, 0.3) is 0 Å². The van der Waals surface area contributed by atoms with Crippen LogP contribution < -0.4 is 4.90 Å². The van der Waals surface area contributed by atoms with Crippen LogP contribution in [0, 0.1) is 6.92 Å². The smallest absolute Gasteiger partial charge is 0.128 e. The summed E-state index contributed by atoms with van der Waals surface area (Å²) >= 11 is 3.46. The summed E-state index contributed by atoms with van der Waals surface area (Å²) < 4.78 is 6.40. The zero-order valence-electron chi connectivity index (χ0n) is 9.03. The Morgan fingerprint density at radius 2 is 2.40 bits per heavy atom. The van der Waals surface area contributed by atoms with Gasteiger partial charge in [-0.2, -0.15) is 0 Å². The summed E-state index contributed by atoms with van der Waals surface area (Å²) in [6.07, 6.45) is 3.31.